The van der Waals surface area contributed by atoms with Gasteiger partial charge in [0.05, 0.1) is 17.1 Å². The molecule has 0 spiro atoms. The van der Waals surface area contributed by atoms with Gasteiger partial charge in [-0.3, -0.25) is 0 Å². The second-order valence-corrected chi connectivity index (χ2v) is 11.7. The fourth-order valence-electron chi connectivity index (χ4n) is 5.73. The van der Waals surface area contributed by atoms with Crippen LogP contribution < -0.4 is 14.8 Å². The molecule has 0 N–H and O–H groups in total. The van der Waals surface area contributed by atoms with Crippen molar-refractivity contribution in [2.24, 2.45) is 7.05 Å². The molecule has 236 valence electrons. The third-order valence-electron chi connectivity index (χ3n) is 8.49. The Morgan fingerprint density at radius 1 is 0.542 bits per heavy atom. The van der Waals surface area contributed by atoms with Crippen molar-refractivity contribution in [1.29, 1.82) is 0 Å². The van der Waals surface area contributed by atoms with Crippen LogP contribution in [0.2, 0.25) is 0 Å². The van der Waals surface area contributed by atoms with Crippen LogP contribution in [0.5, 0.6) is 11.5 Å². The van der Waals surface area contributed by atoms with Crippen molar-refractivity contribution in [2.75, 3.05) is 0 Å². The van der Waals surface area contributed by atoms with Gasteiger partial charge in [-0.1, -0.05) is 91.0 Å². The average Bonchev–Trinajstić information content (AvgIpc) is 3.80. The van der Waals surface area contributed by atoms with Gasteiger partial charge in [0.15, 0.2) is 11.9 Å². The number of nitrogens with zero attached hydrogens (tertiary/aromatic N) is 7. The first kappa shape index (κ1) is 34.1. The molecular weight excluding hydrogens is 651 g/mol. The minimum atomic E-state index is -1.55. The molecule has 0 aliphatic rings. The fraction of sp³-hybridized carbons (Fsp3) is 0.135. The molecule has 0 unspecified atom stereocenters. The van der Waals surface area contributed by atoms with Gasteiger partial charge < -0.3 is 24.0 Å². The predicted molar refractivity (Wildman–Crippen MR) is 182 cm³/mol. The molecule has 0 atom stereocenters. The summed E-state index contributed by atoms with van der Waals surface area (Å²) in [5, 5.41) is 36.9. The molecule has 7 rings (SSSR count). The number of hydrogen-bond donors (Lipinski definition) is 0. The Bertz CT molecular complexity index is 1900. The van der Waals surface area contributed by atoms with Crippen LogP contribution in [0.1, 0.15) is 22.8 Å². The SMILES string of the molecule is Cc1c([O-])c([O-])cc[n+]1C.Cc1cc(-c2ccccc2)nn1[BH-](n1nc(-c2ccccc2)cc1C)n1nc(-c2ccccc2)cc1C.[Zn+2]. The van der Waals surface area contributed by atoms with Crippen LogP contribution >= 0.6 is 0 Å². The zero-order valence-electron chi connectivity index (χ0n) is 27.9. The molecular formula is C37H36BN7O2Zn. The standard InChI is InChI=1S/C30H28BN6.C7H9NO2.Zn/c1-22-19-28(25-13-7-4-8-14-25)32-35(22)31(36-23(2)20-29(33-36)26-15-9-5-10-16-26)37-24(3)21-30(34-37)27-17-11-6-12-18-27;1-5-7(10)6(9)3-4-8(5)2;/h4-21,31H,1-3H3;3-4,10H,1-2H3;/q-1;;+2/p-1. The first-order valence-electron chi connectivity index (χ1n) is 15.6. The topological polar surface area (TPSA) is 103 Å². The van der Waals surface area contributed by atoms with Crippen LogP contribution in [-0.2, 0) is 26.5 Å². The van der Waals surface area contributed by atoms with Crippen LogP contribution in [0.4, 0.5) is 0 Å². The Kier molecular flexibility index (Phi) is 10.4. The third-order valence-corrected chi connectivity index (χ3v) is 8.49. The summed E-state index contributed by atoms with van der Waals surface area (Å²) in [5.74, 6) is -0.847. The number of pyridine rings is 1. The van der Waals surface area contributed by atoms with E-state index in [2.05, 4.69) is 89.1 Å². The minimum absolute atomic E-state index is 0. The smallest absolute Gasteiger partial charge is 0.873 e. The van der Waals surface area contributed by atoms with E-state index < -0.39 is 18.6 Å². The summed E-state index contributed by atoms with van der Waals surface area (Å²) in [6.45, 7) is 7.94. The molecule has 0 radical (unpaired) electrons. The Labute approximate surface area is 293 Å². The maximum Gasteiger partial charge on any atom is 2.00 e. The predicted octanol–water partition coefficient (Wildman–Crippen LogP) is 4.83. The fourth-order valence-corrected chi connectivity index (χ4v) is 5.73. The quantitative estimate of drug-likeness (QED) is 0.184. The molecule has 3 aromatic carbocycles. The third kappa shape index (κ3) is 7.01. The largest absolute Gasteiger partial charge is 2.00 e. The van der Waals surface area contributed by atoms with E-state index in [1.807, 2.05) is 54.6 Å². The van der Waals surface area contributed by atoms with Crippen LogP contribution in [0, 0.1) is 27.7 Å². The maximum atomic E-state index is 10.9. The van der Waals surface area contributed by atoms with Crippen molar-refractivity contribution in [2.45, 2.75) is 27.7 Å². The minimum Gasteiger partial charge on any atom is -0.873 e. The molecule has 4 heterocycles. The van der Waals surface area contributed by atoms with Crippen LogP contribution in [0.25, 0.3) is 33.8 Å². The molecule has 0 fully saturated rings. The Balaban J connectivity index is 0.000000354. The molecule has 48 heavy (non-hydrogen) atoms. The first-order valence-corrected chi connectivity index (χ1v) is 15.6. The number of hydrogen-bond acceptors (Lipinski definition) is 5. The van der Waals surface area contributed by atoms with E-state index in [1.165, 1.54) is 6.07 Å². The number of aryl methyl sites for hydroxylation is 4. The van der Waals surface area contributed by atoms with E-state index >= 15 is 0 Å². The van der Waals surface area contributed by atoms with E-state index in [9.17, 15) is 10.2 Å². The molecule has 0 aliphatic heterocycles. The van der Waals surface area contributed by atoms with Gasteiger partial charge >= 0.3 is 26.6 Å². The summed E-state index contributed by atoms with van der Waals surface area (Å²) in [5.41, 5.74) is 9.76. The van der Waals surface area contributed by atoms with Crippen molar-refractivity contribution in [3.05, 3.63) is 144 Å². The molecule has 7 aromatic rings. The average molecular weight is 687 g/mol. The summed E-state index contributed by atoms with van der Waals surface area (Å²) < 4.78 is 7.94. The van der Waals surface area contributed by atoms with Crippen LogP contribution in [0.15, 0.2) is 121 Å². The molecule has 0 aliphatic carbocycles. The number of aromatic nitrogens is 7. The van der Waals surface area contributed by atoms with Gasteiger partial charge in [0.1, 0.15) is 7.05 Å². The second kappa shape index (κ2) is 14.7. The van der Waals surface area contributed by atoms with Crippen molar-refractivity contribution in [3.8, 4) is 45.3 Å². The van der Waals surface area contributed by atoms with E-state index in [1.54, 1.807) is 24.7 Å². The Morgan fingerprint density at radius 3 is 1.19 bits per heavy atom. The van der Waals surface area contributed by atoms with Crippen LogP contribution in [0.3, 0.4) is 0 Å². The zero-order chi connectivity index (χ0) is 33.1. The summed E-state index contributed by atoms with van der Waals surface area (Å²) in [7, 11) is 0.177. The molecule has 0 amide bonds. The molecule has 11 heteroatoms. The van der Waals surface area contributed by atoms with E-state index in [4.69, 9.17) is 15.3 Å². The monoisotopic (exact) mass is 685 g/mol. The molecule has 4 aromatic heterocycles. The van der Waals surface area contributed by atoms with Gasteiger partial charge in [0.2, 0.25) is 0 Å². The van der Waals surface area contributed by atoms with Gasteiger partial charge in [-0.05, 0) is 67.9 Å². The molecule has 0 bridgehead atoms. The van der Waals surface area contributed by atoms with Crippen molar-refractivity contribution < 1.29 is 34.3 Å². The van der Waals surface area contributed by atoms with Crippen molar-refractivity contribution in [1.82, 2.24) is 29.1 Å². The summed E-state index contributed by atoms with van der Waals surface area (Å²) in [6.07, 6.45) is 1.58. The van der Waals surface area contributed by atoms with E-state index in [-0.39, 0.29) is 19.5 Å². The van der Waals surface area contributed by atoms with Gasteiger partial charge in [-0.25, -0.2) is 19.9 Å². The Morgan fingerprint density at radius 2 is 0.875 bits per heavy atom. The molecule has 9 nitrogen and oxygen atoms in total. The van der Waals surface area contributed by atoms with Gasteiger partial charge in [0, 0.05) is 23.6 Å². The Hall–Kier alpha value is -5.27. The van der Waals surface area contributed by atoms with E-state index in [0.717, 1.165) is 50.9 Å². The van der Waals surface area contributed by atoms with Gasteiger partial charge in [-0.2, -0.15) is 0 Å². The summed E-state index contributed by atoms with van der Waals surface area (Å²) >= 11 is 0. The van der Waals surface area contributed by atoms with E-state index in [0.29, 0.717) is 5.69 Å². The summed E-state index contributed by atoms with van der Waals surface area (Å²) in [6, 6.07) is 38.6. The zero-order valence-corrected chi connectivity index (χ0v) is 30.9. The second-order valence-electron chi connectivity index (χ2n) is 11.7. The van der Waals surface area contributed by atoms with Crippen molar-refractivity contribution in [3.63, 3.8) is 0 Å². The van der Waals surface area contributed by atoms with Gasteiger partial charge in [0.25, 0.3) is 0 Å². The molecule has 0 saturated carbocycles. The maximum absolute atomic E-state index is 10.9. The number of benzene rings is 3. The van der Waals surface area contributed by atoms with Crippen LogP contribution in [-0.4, -0.2) is 36.2 Å². The molecule has 0 saturated heterocycles. The van der Waals surface area contributed by atoms with Gasteiger partial charge in [-0.15, -0.1) is 5.75 Å². The first-order chi connectivity index (χ1) is 22.7. The van der Waals surface area contributed by atoms with Crippen molar-refractivity contribution >= 4 is 7.12 Å². The normalized spacial score (nSPS) is 10.8. The summed E-state index contributed by atoms with van der Waals surface area (Å²) in [4.78, 5) is 0. The number of rotatable bonds is 6.